The fraction of sp³-hybridized carbons (Fsp3) is 0.571. The van der Waals surface area contributed by atoms with Gasteiger partial charge in [-0.1, -0.05) is 30.3 Å². The quantitative estimate of drug-likeness (QED) is 0.675. The topological polar surface area (TPSA) is 3.24 Å². The lowest BCUT2D eigenvalue weighted by atomic mass is 9.87. The summed E-state index contributed by atoms with van der Waals surface area (Å²) in [5, 5.41) is 0. The Balaban J connectivity index is 1.84. The Morgan fingerprint density at radius 1 is 1.07 bits per heavy atom. The zero-order valence-corrected chi connectivity index (χ0v) is 9.39. The van der Waals surface area contributed by atoms with Crippen molar-refractivity contribution in [1.82, 2.24) is 4.90 Å². The van der Waals surface area contributed by atoms with E-state index in [-0.39, 0.29) is 0 Å². The molecule has 1 nitrogen and oxygen atoms in total. The monoisotopic (exact) mass is 201 g/mol. The summed E-state index contributed by atoms with van der Waals surface area (Å²) in [6.07, 6.45) is 2.85. The van der Waals surface area contributed by atoms with Gasteiger partial charge in [0.05, 0.1) is 0 Å². The van der Waals surface area contributed by atoms with Crippen LogP contribution in [0.3, 0.4) is 0 Å². The second-order valence-electron chi connectivity index (χ2n) is 5.24. The number of fused-ring (bicyclic) bond motifs is 1. The van der Waals surface area contributed by atoms with E-state index in [4.69, 9.17) is 0 Å². The second-order valence-corrected chi connectivity index (χ2v) is 5.24. The average Bonchev–Trinajstić information content (AvgIpc) is 2.77. The molecule has 1 saturated heterocycles. The predicted octanol–water partition coefficient (Wildman–Crippen LogP) is 2.74. The molecule has 0 amide bonds. The van der Waals surface area contributed by atoms with Gasteiger partial charge in [0, 0.05) is 13.1 Å². The van der Waals surface area contributed by atoms with E-state index < -0.39 is 0 Å². The Morgan fingerprint density at radius 2 is 1.87 bits per heavy atom. The van der Waals surface area contributed by atoms with E-state index >= 15 is 0 Å². The van der Waals surface area contributed by atoms with E-state index in [0.717, 1.165) is 17.8 Å². The van der Waals surface area contributed by atoms with Gasteiger partial charge in [-0.3, -0.25) is 0 Å². The molecule has 2 aliphatic rings. The van der Waals surface area contributed by atoms with Crippen LogP contribution in [0.4, 0.5) is 0 Å². The first-order chi connectivity index (χ1) is 7.34. The van der Waals surface area contributed by atoms with Crippen LogP contribution in [0.2, 0.25) is 0 Å². The van der Waals surface area contributed by atoms with Crippen LogP contribution in [0.1, 0.15) is 24.3 Å². The summed E-state index contributed by atoms with van der Waals surface area (Å²) < 4.78 is 0. The number of likely N-dealkylation sites (tertiary alicyclic amines) is 1. The number of rotatable bonds is 1. The van der Waals surface area contributed by atoms with Gasteiger partial charge in [0.2, 0.25) is 0 Å². The smallest absolute Gasteiger partial charge is 0.00157 e. The van der Waals surface area contributed by atoms with Crippen LogP contribution >= 0.6 is 0 Å². The lowest BCUT2D eigenvalue weighted by Crippen LogP contribution is -2.17. The van der Waals surface area contributed by atoms with Gasteiger partial charge in [0.1, 0.15) is 0 Å². The molecular formula is C14H19N. The fourth-order valence-corrected chi connectivity index (χ4v) is 3.60. The van der Waals surface area contributed by atoms with Crippen molar-refractivity contribution >= 4 is 0 Å². The van der Waals surface area contributed by atoms with E-state index in [1.54, 1.807) is 5.56 Å². The standard InChI is InChI=1S/C14H19N/c1-15-9-12-7-8-13(14(12)10-15)11-5-3-2-4-6-11/h2-6,12-14H,7-10H2,1H3/t12?,13-,14?/m1/s1. The minimum absolute atomic E-state index is 0.834. The summed E-state index contributed by atoms with van der Waals surface area (Å²) in [5.74, 6) is 2.73. The third-order valence-electron chi connectivity index (χ3n) is 4.27. The van der Waals surface area contributed by atoms with Gasteiger partial charge in [-0.15, -0.1) is 0 Å². The van der Waals surface area contributed by atoms with Gasteiger partial charge in [-0.2, -0.15) is 0 Å². The summed E-state index contributed by atoms with van der Waals surface area (Å²) in [5.41, 5.74) is 1.57. The highest BCUT2D eigenvalue weighted by molar-refractivity contribution is 5.22. The van der Waals surface area contributed by atoms with Gasteiger partial charge in [-0.25, -0.2) is 0 Å². The number of hydrogen-bond donors (Lipinski definition) is 0. The van der Waals surface area contributed by atoms with Crippen LogP contribution in [0, 0.1) is 11.8 Å². The van der Waals surface area contributed by atoms with Crippen molar-refractivity contribution in [3.8, 4) is 0 Å². The van der Waals surface area contributed by atoms with Gasteiger partial charge in [0.15, 0.2) is 0 Å². The number of hydrogen-bond acceptors (Lipinski definition) is 1. The Labute approximate surface area is 92.1 Å². The minimum Gasteiger partial charge on any atom is -0.306 e. The molecule has 1 aromatic rings. The molecule has 1 aliphatic heterocycles. The highest BCUT2D eigenvalue weighted by atomic mass is 15.1. The zero-order chi connectivity index (χ0) is 10.3. The Bertz CT molecular complexity index is 332. The van der Waals surface area contributed by atoms with Gasteiger partial charge in [-0.05, 0) is 43.2 Å². The van der Waals surface area contributed by atoms with E-state index in [9.17, 15) is 0 Å². The maximum Gasteiger partial charge on any atom is 0.00157 e. The normalized spacial score (nSPS) is 35.7. The van der Waals surface area contributed by atoms with Crippen molar-refractivity contribution in [3.05, 3.63) is 35.9 Å². The molecule has 1 aromatic carbocycles. The first-order valence-corrected chi connectivity index (χ1v) is 6.08. The fourth-order valence-electron chi connectivity index (χ4n) is 3.60. The average molecular weight is 201 g/mol. The third-order valence-corrected chi connectivity index (χ3v) is 4.27. The number of benzene rings is 1. The molecule has 0 aromatic heterocycles. The molecule has 3 atom stereocenters. The third kappa shape index (κ3) is 1.59. The van der Waals surface area contributed by atoms with Crippen LogP contribution in [-0.4, -0.2) is 25.0 Å². The minimum atomic E-state index is 0.834. The van der Waals surface area contributed by atoms with Crippen LogP contribution in [0.25, 0.3) is 0 Å². The lowest BCUT2D eigenvalue weighted by molar-refractivity contribution is 0.369. The first kappa shape index (κ1) is 9.41. The Kier molecular flexibility index (Phi) is 2.28. The van der Waals surface area contributed by atoms with Crippen LogP contribution in [0.5, 0.6) is 0 Å². The van der Waals surface area contributed by atoms with Gasteiger partial charge in [0.25, 0.3) is 0 Å². The highest BCUT2D eigenvalue weighted by Gasteiger charge is 2.41. The molecule has 0 radical (unpaired) electrons. The van der Waals surface area contributed by atoms with Crippen molar-refractivity contribution < 1.29 is 0 Å². The number of nitrogens with zero attached hydrogens (tertiary/aromatic N) is 1. The van der Waals surface area contributed by atoms with Crippen LogP contribution in [-0.2, 0) is 0 Å². The largest absolute Gasteiger partial charge is 0.306 e. The summed E-state index contributed by atoms with van der Waals surface area (Å²) >= 11 is 0. The summed E-state index contributed by atoms with van der Waals surface area (Å²) in [6, 6.07) is 11.1. The molecule has 1 aliphatic carbocycles. The van der Waals surface area contributed by atoms with E-state index in [1.165, 1.54) is 25.9 Å². The van der Waals surface area contributed by atoms with Crippen LogP contribution < -0.4 is 0 Å². The van der Waals surface area contributed by atoms with Gasteiger partial charge >= 0.3 is 0 Å². The van der Waals surface area contributed by atoms with E-state index in [0.29, 0.717) is 0 Å². The highest BCUT2D eigenvalue weighted by Crippen LogP contribution is 2.46. The van der Waals surface area contributed by atoms with E-state index in [2.05, 4.69) is 42.3 Å². The maximum absolute atomic E-state index is 2.50. The molecule has 80 valence electrons. The van der Waals surface area contributed by atoms with E-state index in [1.807, 2.05) is 0 Å². The molecule has 1 heterocycles. The van der Waals surface area contributed by atoms with Crippen molar-refractivity contribution in [1.29, 1.82) is 0 Å². The predicted molar refractivity (Wildman–Crippen MR) is 62.9 cm³/mol. The molecule has 2 unspecified atom stereocenters. The molecule has 2 fully saturated rings. The molecule has 1 saturated carbocycles. The van der Waals surface area contributed by atoms with Crippen molar-refractivity contribution in [2.45, 2.75) is 18.8 Å². The zero-order valence-electron chi connectivity index (χ0n) is 9.39. The maximum atomic E-state index is 2.50. The van der Waals surface area contributed by atoms with Gasteiger partial charge < -0.3 is 4.90 Å². The second kappa shape index (κ2) is 3.64. The van der Waals surface area contributed by atoms with Crippen LogP contribution in [0.15, 0.2) is 30.3 Å². The summed E-state index contributed by atoms with van der Waals surface area (Å²) in [7, 11) is 2.26. The van der Waals surface area contributed by atoms with Crippen molar-refractivity contribution in [3.63, 3.8) is 0 Å². The Morgan fingerprint density at radius 3 is 2.67 bits per heavy atom. The first-order valence-electron chi connectivity index (χ1n) is 6.08. The molecule has 0 bridgehead atoms. The lowest BCUT2D eigenvalue weighted by Gasteiger charge is -2.19. The molecule has 0 spiro atoms. The summed E-state index contributed by atoms with van der Waals surface area (Å²) in [4.78, 5) is 2.50. The van der Waals surface area contributed by atoms with Crippen molar-refractivity contribution in [2.24, 2.45) is 11.8 Å². The molecule has 15 heavy (non-hydrogen) atoms. The summed E-state index contributed by atoms with van der Waals surface area (Å²) in [6.45, 7) is 2.64. The SMILES string of the molecule is CN1CC2CC[C@H](c3ccccc3)C2C1. The molecule has 1 heteroatoms. The molecular weight excluding hydrogens is 182 g/mol. The Hall–Kier alpha value is -0.820. The molecule has 0 N–H and O–H groups in total. The van der Waals surface area contributed by atoms with Crippen molar-refractivity contribution in [2.75, 3.05) is 20.1 Å². The molecule has 3 rings (SSSR count).